The summed E-state index contributed by atoms with van der Waals surface area (Å²) in [5.41, 5.74) is 8.37. The quantitative estimate of drug-likeness (QED) is 0.612. The molecule has 0 radical (unpaired) electrons. The molecule has 142 valence electrons. The topological polar surface area (TPSA) is 56.5 Å². The van der Waals surface area contributed by atoms with E-state index in [4.69, 9.17) is 14.8 Å². The third-order valence-corrected chi connectivity index (χ3v) is 4.98. The number of hydrogen-bond acceptors (Lipinski definition) is 4. The number of fused-ring (bicyclic) bond motifs is 1. The first-order chi connectivity index (χ1) is 12.9. The molecule has 5 nitrogen and oxygen atoms in total. The van der Waals surface area contributed by atoms with E-state index in [0.29, 0.717) is 12.3 Å². The summed E-state index contributed by atoms with van der Waals surface area (Å²) in [5, 5.41) is 4.80. The lowest BCUT2D eigenvalue weighted by atomic mass is 9.96. The zero-order valence-electron chi connectivity index (χ0n) is 17.0. The molecule has 2 heterocycles. The molecule has 0 spiro atoms. The Bertz CT molecular complexity index is 998. The van der Waals surface area contributed by atoms with Crippen molar-refractivity contribution in [2.24, 2.45) is 0 Å². The van der Waals surface area contributed by atoms with E-state index in [9.17, 15) is 4.79 Å². The third-order valence-electron chi connectivity index (χ3n) is 4.98. The van der Waals surface area contributed by atoms with Crippen molar-refractivity contribution in [1.29, 1.82) is 0 Å². The molecule has 27 heavy (non-hydrogen) atoms. The van der Waals surface area contributed by atoms with Crippen LogP contribution in [0.25, 0.3) is 16.8 Å². The summed E-state index contributed by atoms with van der Waals surface area (Å²) in [5.74, 6) is -0.374. The molecule has 0 aliphatic rings. The lowest BCUT2D eigenvalue weighted by Crippen LogP contribution is -2.15. The van der Waals surface area contributed by atoms with Crippen molar-refractivity contribution in [3.8, 4) is 11.1 Å². The molecule has 3 aromatic rings. The van der Waals surface area contributed by atoms with E-state index in [1.54, 1.807) is 0 Å². The van der Waals surface area contributed by atoms with Gasteiger partial charge >= 0.3 is 5.97 Å². The number of carbonyl (C=O) groups is 1. The molecule has 0 bridgehead atoms. The predicted octanol–water partition coefficient (Wildman–Crippen LogP) is 4.76. The lowest BCUT2D eigenvalue weighted by Gasteiger charge is -2.13. The highest BCUT2D eigenvalue weighted by Crippen LogP contribution is 2.34. The number of rotatable bonds is 5. The van der Waals surface area contributed by atoms with E-state index in [1.807, 2.05) is 25.3 Å². The monoisotopic (exact) mass is 365 g/mol. The number of carbonyl (C=O) groups excluding carboxylic acids is 1. The fourth-order valence-corrected chi connectivity index (χ4v) is 3.72. The maximum atomic E-state index is 12.5. The Morgan fingerprint density at radius 1 is 1.07 bits per heavy atom. The molecule has 0 amide bonds. The summed E-state index contributed by atoms with van der Waals surface area (Å²) in [6.07, 6.45) is 1.78. The van der Waals surface area contributed by atoms with Crippen LogP contribution in [0.1, 0.15) is 58.8 Å². The van der Waals surface area contributed by atoms with Gasteiger partial charge in [0.25, 0.3) is 0 Å². The van der Waals surface area contributed by atoms with Gasteiger partial charge in [0.05, 0.1) is 17.9 Å². The van der Waals surface area contributed by atoms with Crippen LogP contribution in [0.4, 0.5) is 0 Å². The number of aryl methyl sites for hydroxylation is 4. The van der Waals surface area contributed by atoms with Gasteiger partial charge in [-0.2, -0.15) is 5.10 Å². The Morgan fingerprint density at radius 2 is 1.74 bits per heavy atom. The summed E-state index contributed by atoms with van der Waals surface area (Å²) >= 11 is 0. The maximum Gasteiger partial charge on any atom is 0.357 e. The van der Waals surface area contributed by atoms with Crippen LogP contribution in [-0.2, 0) is 11.2 Å². The molecule has 0 fully saturated rings. The Labute approximate surface area is 160 Å². The van der Waals surface area contributed by atoms with Crippen LogP contribution in [0, 0.1) is 27.7 Å². The van der Waals surface area contributed by atoms with Crippen LogP contribution in [0.5, 0.6) is 0 Å². The predicted molar refractivity (Wildman–Crippen MR) is 107 cm³/mol. The van der Waals surface area contributed by atoms with Crippen LogP contribution >= 0.6 is 0 Å². The van der Waals surface area contributed by atoms with Gasteiger partial charge in [0, 0.05) is 11.3 Å². The minimum Gasteiger partial charge on any atom is -0.461 e. The van der Waals surface area contributed by atoms with Gasteiger partial charge in [-0.25, -0.2) is 14.3 Å². The molecule has 3 rings (SSSR count). The molecular formula is C22H27N3O2. The van der Waals surface area contributed by atoms with Crippen LogP contribution < -0.4 is 0 Å². The van der Waals surface area contributed by atoms with Crippen molar-refractivity contribution in [2.75, 3.05) is 6.61 Å². The minimum atomic E-state index is -0.374. The van der Waals surface area contributed by atoms with Crippen molar-refractivity contribution < 1.29 is 9.53 Å². The molecule has 0 saturated carbocycles. The summed E-state index contributed by atoms with van der Waals surface area (Å²) in [7, 11) is 0. The van der Waals surface area contributed by atoms with Gasteiger partial charge in [0.2, 0.25) is 0 Å². The summed E-state index contributed by atoms with van der Waals surface area (Å²) < 4.78 is 7.17. The van der Waals surface area contributed by atoms with Gasteiger partial charge in [-0.1, -0.05) is 31.5 Å². The molecule has 1 aromatic carbocycles. The summed E-state index contributed by atoms with van der Waals surface area (Å²) in [4.78, 5) is 17.3. The second-order valence-corrected chi connectivity index (χ2v) is 6.97. The molecule has 0 aliphatic carbocycles. The molecule has 0 aliphatic heterocycles. The van der Waals surface area contributed by atoms with Gasteiger partial charge in [0.1, 0.15) is 0 Å². The van der Waals surface area contributed by atoms with E-state index < -0.39 is 0 Å². The number of ether oxygens (including phenoxy) is 1. The van der Waals surface area contributed by atoms with Crippen LogP contribution in [-0.4, -0.2) is 27.2 Å². The highest BCUT2D eigenvalue weighted by atomic mass is 16.5. The van der Waals surface area contributed by atoms with E-state index >= 15 is 0 Å². The lowest BCUT2D eigenvalue weighted by molar-refractivity contribution is 0.0518. The first kappa shape index (κ1) is 19.1. The minimum absolute atomic E-state index is 0.330. The molecule has 0 atom stereocenters. The van der Waals surface area contributed by atoms with Gasteiger partial charge in [-0.05, 0) is 57.7 Å². The smallest absolute Gasteiger partial charge is 0.357 e. The van der Waals surface area contributed by atoms with Gasteiger partial charge in [-0.15, -0.1) is 0 Å². The average molecular weight is 365 g/mol. The Kier molecular flexibility index (Phi) is 5.31. The Balaban J connectivity index is 2.40. The average Bonchev–Trinajstić information content (AvgIpc) is 2.93. The van der Waals surface area contributed by atoms with E-state index in [0.717, 1.165) is 46.6 Å². The number of aromatic nitrogens is 3. The zero-order chi connectivity index (χ0) is 19.7. The van der Waals surface area contributed by atoms with Gasteiger partial charge in [0.15, 0.2) is 11.3 Å². The molecule has 0 unspecified atom stereocenters. The second-order valence-electron chi connectivity index (χ2n) is 6.97. The molecule has 2 aromatic heterocycles. The molecule has 5 heteroatoms. The highest BCUT2D eigenvalue weighted by molar-refractivity contribution is 5.92. The normalized spacial score (nSPS) is 11.2. The number of benzene rings is 1. The first-order valence-corrected chi connectivity index (χ1v) is 9.53. The van der Waals surface area contributed by atoms with Crippen molar-refractivity contribution in [3.05, 3.63) is 52.0 Å². The van der Waals surface area contributed by atoms with Gasteiger partial charge < -0.3 is 4.74 Å². The number of esters is 1. The Hall–Kier alpha value is -2.69. The van der Waals surface area contributed by atoms with Crippen molar-refractivity contribution in [1.82, 2.24) is 14.6 Å². The maximum absolute atomic E-state index is 12.5. The fourth-order valence-electron chi connectivity index (χ4n) is 3.72. The second kappa shape index (κ2) is 7.51. The largest absolute Gasteiger partial charge is 0.461 e. The van der Waals surface area contributed by atoms with E-state index in [1.165, 1.54) is 11.1 Å². The Morgan fingerprint density at radius 3 is 2.33 bits per heavy atom. The van der Waals surface area contributed by atoms with Gasteiger partial charge in [-0.3, -0.25) is 0 Å². The molecule has 0 N–H and O–H groups in total. The van der Waals surface area contributed by atoms with Crippen molar-refractivity contribution >= 4 is 11.6 Å². The van der Waals surface area contributed by atoms with E-state index in [-0.39, 0.29) is 5.97 Å². The summed E-state index contributed by atoms with van der Waals surface area (Å²) in [6, 6.07) is 6.25. The standard InChI is InChI=1S/C22H27N3O2/c1-7-10-17-15(5)20(22(26)27-8-2)23-21-19(16(6)24-25(17)21)18-13(3)11-9-12-14(18)4/h9,11-12H,7-8,10H2,1-6H3. The number of hydrogen-bond donors (Lipinski definition) is 0. The summed E-state index contributed by atoms with van der Waals surface area (Å²) in [6.45, 7) is 12.4. The van der Waals surface area contributed by atoms with Crippen molar-refractivity contribution in [2.45, 2.75) is 54.4 Å². The molecule has 0 saturated heterocycles. The number of nitrogens with zero attached hydrogens (tertiary/aromatic N) is 3. The van der Waals surface area contributed by atoms with E-state index in [2.05, 4.69) is 39.0 Å². The third kappa shape index (κ3) is 3.22. The van der Waals surface area contributed by atoms with Crippen LogP contribution in [0.3, 0.4) is 0 Å². The fraction of sp³-hybridized carbons (Fsp3) is 0.409. The van der Waals surface area contributed by atoms with Crippen LogP contribution in [0.15, 0.2) is 18.2 Å². The highest BCUT2D eigenvalue weighted by Gasteiger charge is 2.24. The zero-order valence-corrected chi connectivity index (χ0v) is 17.0. The molecular weight excluding hydrogens is 338 g/mol. The first-order valence-electron chi connectivity index (χ1n) is 9.53. The van der Waals surface area contributed by atoms with Crippen LogP contribution in [0.2, 0.25) is 0 Å². The van der Waals surface area contributed by atoms with Crippen molar-refractivity contribution in [3.63, 3.8) is 0 Å². The SMILES string of the molecule is CCCc1c(C)c(C(=O)OCC)nc2c(-c3c(C)cccc3C)c(C)nn12.